The van der Waals surface area contributed by atoms with Crippen molar-refractivity contribution in [2.45, 2.75) is 51.5 Å². The monoisotopic (exact) mass is 270 g/mol. The molecular weight excluding hydrogens is 248 g/mol. The summed E-state index contributed by atoms with van der Waals surface area (Å²) in [5.74, 6) is 0.0347. The van der Waals surface area contributed by atoms with Crippen molar-refractivity contribution in [3.63, 3.8) is 0 Å². The minimum absolute atomic E-state index is 0.0347. The first-order valence-electron chi connectivity index (χ1n) is 7.63. The van der Waals surface area contributed by atoms with Crippen molar-refractivity contribution in [2.75, 3.05) is 0 Å². The third-order valence-electron chi connectivity index (χ3n) is 4.30. The smallest absolute Gasteiger partial charge is 0.267 e. The summed E-state index contributed by atoms with van der Waals surface area (Å²) in [5.41, 5.74) is 2.92. The van der Waals surface area contributed by atoms with Crippen molar-refractivity contribution in [3.8, 4) is 0 Å². The van der Waals surface area contributed by atoms with Gasteiger partial charge in [0.15, 0.2) is 0 Å². The highest BCUT2D eigenvalue weighted by atomic mass is 16.1. The number of hydrogen-bond acceptors (Lipinski definition) is 1. The zero-order valence-electron chi connectivity index (χ0n) is 12.0. The average Bonchev–Trinajstić information content (AvgIpc) is 2.72. The van der Waals surface area contributed by atoms with Gasteiger partial charge in [-0.2, -0.15) is 0 Å². The highest BCUT2D eigenvalue weighted by Gasteiger charge is 2.17. The van der Waals surface area contributed by atoms with Crippen molar-refractivity contribution < 1.29 is 4.79 Å². The van der Waals surface area contributed by atoms with Crippen LogP contribution in [0, 0.1) is 6.92 Å². The fraction of sp³-hybridized carbons (Fsp3) is 0.471. The first-order valence-corrected chi connectivity index (χ1v) is 7.63. The van der Waals surface area contributed by atoms with Crippen molar-refractivity contribution in [3.05, 3.63) is 35.5 Å². The lowest BCUT2D eigenvalue weighted by Gasteiger charge is -2.15. The molecule has 0 aliphatic heterocycles. The molecule has 0 atom stereocenters. The Morgan fingerprint density at radius 3 is 2.65 bits per heavy atom. The molecule has 1 saturated carbocycles. The van der Waals surface area contributed by atoms with Crippen LogP contribution in [0.5, 0.6) is 0 Å². The molecule has 106 valence electrons. The van der Waals surface area contributed by atoms with E-state index in [9.17, 15) is 4.79 Å². The minimum atomic E-state index is 0.0347. The number of carbonyl (C=O) groups is 1. The summed E-state index contributed by atoms with van der Waals surface area (Å²) in [6.07, 6.45) is 7.30. The number of para-hydroxylation sites is 1. The highest BCUT2D eigenvalue weighted by Crippen LogP contribution is 2.20. The van der Waals surface area contributed by atoms with Crippen molar-refractivity contribution >= 4 is 16.8 Å². The number of carbonyl (C=O) groups excluding carboxylic acids is 1. The summed E-state index contributed by atoms with van der Waals surface area (Å²) < 4.78 is 0. The number of aromatic nitrogens is 1. The number of amides is 1. The molecule has 2 N–H and O–H groups in total. The number of nitrogens with one attached hydrogen (secondary N) is 2. The van der Waals surface area contributed by atoms with E-state index in [4.69, 9.17) is 0 Å². The Bertz CT molecular complexity index is 606. The number of fused-ring (bicyclic) bond motifs is 1. The van der Waals surface area contributed by atoms with Gasteiger partial charge in [-0.3, -0.25) is 4.79 Å². The van der Waals surface area contributed by atoms with E-state index in [1.54, 1.807) is 0 Å². The molecule has 0 spiro atoms. The predicted octanol–water partition coefficient (Wildman–Crippen LogP) is 3.93. The average molecular weight is 270 g/mol. The van der Waals surface area contributed by atoms with Crippen LogP contribution >= 0.6 is 0 Å². The Hall–Kier alpha value is -1.77. The molecule has 3 heteroatoms. The summed E-state index contributed by atoms with van der Waals surface area (Å²) in [6.45, 7) is 2.06. The van der Waals surface area contributed by atoms with E-state index in [0.29, 0.717) is 11.7 Å². The molecule has 1 fully saturated rings. The van der Waals surface area contributed by atoms with Gasteiger partial charge < -0.3 is 10.3 Å². The van der Waals surface area contributed by atoms with Gasteiger partial charge in [-0.05, 0) is 31.4 Å². The molecule has 0 unspecified atom stereocenters. The van der Waals surface area contributed by atoms with Gasteiger partial charge in [0.1, 0.15) is 5.69 Å². The molecule has 20 heavy (non-hydrogen) atoms. The van der Waals surface area contributed by atoms with Crippen LogP contribution in [0.4, 0.5) is 0 Å². The number of benzene rings is 1. The first-order chi connectivity index (χ1) is 9.74. The molecule has 1 heterocycles. The number of hydrogen-bond donors (Lipinski definition) is 2. The van der Waals surface area contributed by atoms with Gasteiger partial charge in [-0.15, -0.1) is 0 Å². The van der Waals surface area contributed by atoms with Gasteiger partial charge in [0.2, 0.25) is 0 Å². The Morgan fingerprint density at radius 1 is 1.20 bits per heavy atom. The van der Waals surface area contributed by atoms with Crippen LogP contribution in [0.2, 0.25) is 0 Å². The largest absolute Gasteiger partial charge is 0.350 e. The minimum Gasteiger partial charge on any atom is -0.350 e. The SMILES string of the molecule is Cc1cccc2cc(C(=O)NC3CCCCCC3)[nH]c12. The van der Waals surface area contributed by atoms with Crippen LogP contribution in [-0.4, -0.2) is 16.9 Å². The molecule has 0 radical (unpaired) electrons. The maximum Gasteiger partial charge on any atom is 0.267 e. The van der Waals surface area contributed by atoms with Crippen LogP contribution in [0.15, 0.2) is 24.3 Å². The lowest BCUT2D eigenvalue weighted by Crippen LogP contribution is -2.34. The zero-order chi connectivity index (χ0) is 13.9. The normalized spacial score (nSPS) is 17.1. The number of aryl methyl sites for hydroxylation is 1. The predicted molar refractivity (Wildman–Crippen MR) is 82.0 cm³/mol. The van der Waals surface area contributed by atoms with Gasteiger partial charge >= 0.3 is 0 Å². The lowest BCUT2D eigenvalue weighted by atomic mass is 10.1. The van der Waals surface area contributed by atoms with E-state index in [-0.39, 0.29) is 5.91 Å². The quantitative estimate of drug-likeness (QED) is 0.798. The van der Waals surface area contributed by atoms with Crippen molar-refractivity contribution in [1.29, 1.82) is 0 Å². The van der Waals surface area contributed by atoms with E-state index >= 15 is 0 Å². The van der Waals surface area contributed by atoms with Gasteiger partial charge in [-0.25, -0.2) is 0 Å². The Kier molecular flexibility index (Phi) is 3.77. The van der Waals surface area contributed by atoms with E-state index in [0.717, 1.165) is 23.7 Å². The molecular formula is C17H22N2O. The maximum atomic E-state index is 12.4. The summed E-state index contributed by atoms with van der Waals surface area (Å²) in [4.78, 5) is 15.6. The lowest BCUT2D eigenvalue weighted by molar-refractivity contribution is 0.0929. The third-order valence-corrected chi connectivity index (χ3v) is 4.30. The second kappa shape index (κ2) is 5.70. The molecule has 1 aromatic carbocycles. The van der Waals surface area contributed by atoms with Gasteiger partial charge in [0.25, 0.3) is 5.91 Å². The molecule has 2 aromatic rings. The highest BCUT2D eigenvalue weighted by molar-refractivity contribution is 5.98. The zero-order valence-corrected chi connectivity index (χ0v) is 12.0. The molecule has 1 amide bonds. The van der Waals surface area contributed by atoms with Crippen LogP contribution in [-0.2, 0) is 0 Å². The van der Waals surface area contributed by atoms with Crippen molar-refractivity contribution in [1.82, 2.24) is 10.3 Å². The summed E-state index contributed by atoms with van der Waals surface area (Å²) in [6, 6.07) is 8.43. The third kappa shape index (κ3) is 2.72. The fourth-order valence-electron chi connectivity index (χ4n) is 3.12. The molecule has 3 rings (SSSR count). The van der Waals surface area contributed by atoms with Crippen LogP contribution in [0.3, 0.4) is 0 Å². The molecule has 3 nitrogen and oxygen atoms in total. The van der Waals surface area contributed by atoms with Gasteiger partial charge in [-0.1, -0.05) is 43.9 Å². The van der Waals surface area contributed by atoms with Crippen LogP contribution in [0.1, 0.15) is 54.6 Å². The molecule has 0 saturated heterocycles. The topological polar surface area (TPSA) is 44.9 Å². The van der Waals surface area contributed by atoms with Crippen LogP contribution in [0.25, 0.3) is 10.9 Å². The fourth-order valence-corrected chi connectivity index (χ4v) is 3.12. The molecule has 0 bridgehead atoms. The van der Waals surface area contributed by atoms with Gasteiger partial charge in [0.05, 0.1) is 0 Å². The molecule has 1 aromatic heterocycles. The van der Waals surface area contributed by atoms with E-state index in [1.165, 1.54) is 31.2 Å². The van der Waals surface area contributed by atoms with E-state index in [2.05, 4.69) is 23.3 Å². The number of aromatic amines is 1. The van der Waals surface area contributed by atoms with Gasteiger partial charge in [0, 0.05) is 16.9 Å². The summed E-state index contributed by atoms with van der Waals surface area (Å²) in [7, 11) is 0. The molecule has 1 aliphatic carbocycles. The first kappa shape index (κ1) is 13.2. The molecule has 1 aliphatic rings. The summed E-state index contributed by atoms with van der Waals surface area (Å²) >= 11 is 0. The Labute approximate surface area is 119 Å². The van der Waals surface area contributed by atoms with E-state index in [1.807, 2.05) is 18.2 Å². The second-order valence-corrected chi connectivity index (χ2v) is 5.88. The maximum absolute atomic E-state index is 12.4. The number of H-pyrrole nitrogens is 1. The van der Waals surface area contributed by atoms with E-state index < -0.39 is 0 Å². The summed E-state index contributed by atoms with van der Waals surface area (Å²) in [5, 5.41) is 4.29. The Morgan fingerprint density at radius 2 is 1.95 bits per heavy atom. The number of rotatable bonds is 2. The second-order valence-electron chi connectivity index (χ2n) is 5.88. The Balaban J connectivity index is 1.76. The standard InChI is InChI=1S/C17H22N2O/c1-12-7-6-8-13-11-15(19-16(12)13)17(20)18-14-9-4-2-3-5-10-14/h6-8,11,14,19H,2-5,9-10H2,1H3,(H,18,20). The van der Waals surface area contributed by atoms with Crippen molar-refractivity contribution in [2.24, 2.45) is 0 Å². The van der Waals surface area contributed by atoms with Crippen LogP contribution < -0.4 is 5.32 Å².